The molecule has 0 aliphatic rings. The van der Waals surface area contributed by atoms with Crippen LogP contribution in [0.2, 0.25) is 0 Å². The van der Waals surface area contributed by atoms with E-state index in [-0.39, 0.29) is 11.9 Å². The molecule has 10 nitrogen and oxygen atoms in total. The number of carbonyl (C=O) groups is 1. The fourth-order valence-corrected chi connectivity index (χ4v) is 3.52. The summed E-state index contributed by atoms with van der Waals surface area (Å²) in [6.45, 7) is 1.13. The number of methoxy groups -OCH3 is 1. The van der Waals surface area contributed by atoms with Gasteiger partial charge < -0.3 is 10.5 Å². The van der Waals surface area contributed by atoms with Crippen LogP contribution in [0.5, 0.6) is 0 Å². The van der Waals surface area contributed by atoms with Gasteiger partial charge in [-0.25, -0.2) is 14.6 Å². The maximum absolute atomic E-state index is 11.9. The summed E-state index contributed by atoms with van der Waals surface area (Å²) in [5, 5.41) is 8.50. The summed E-state index contributed by atoms with van der Waals surface area (Å²) in [4.78, 5) is 30.9. The Balaban J connectivity index is 1.27. The van der Waals surface area contributed by atoms with Gasteiger partial charge in [0.25, 0.3) is 0 Å². The van der Waals surface area contributed by atoms with Crippen molar-refractivity contribution in [3.8, 4) is 11.3 Å². The lowest BCUT2D eigenvalue weighted by atomic mass is 10.1. The first-order valence-corrected chi connectivity index (χ1v) is 10.9. The lowest BCUT2D eigenvalue weighted by Gasteiger charge is -2.05. The molecule has 0 amide bonds. The van der Waals surface area contributed by atoms with Crippen LogP contribution in [0.3, 0.4) is 0 Å². The molecule has 2 aromatic heterocycles. The van der Waals surface area contributed by atoms with Crippen molar-refractivity contribution in [1.82, 2.24) is 29.5 Å². The summed E-state index contributed by atoms with van der Waals surface area (Å²) in [7, 11) is 1.38. The highest BCUT2D eigenvalue weighted by molar-refractivity contribution is 5.89. The predicted molar refractivity (Wildman–Crippen MR) is 126 cm³/mol. The van der Waals surface area contributed by atoms with Gasteiger partial charge in [-0.15, -0.1) is 5.10 Å². The van der Waals surface area contributed by atoms with E-state index in [4.69, 9.17) is 10.5 Å². The predicted octanol–water partition coefficient (Wildman–Crippen LogP) is 2.34. The minimum Gasteiger partial charge on any atom is -0.465 e. The van der Waals surface area contributed by atoms with Gasteiger partial charge >= 0.3 is 11.7 Å². The number of aryl methyl sites for hydroxylation is 2. The lowest BCUT2D eigenvalue weighted by molar-refractivity contribution is 0.0600. The third-order valence-corrected chi connectivity index (χ3v) is 5.40. The molecule has 0 saturated heterocycles. The van der Waals surface area contributed by atoms with Crippen LogP contribution in [-0.4, -0.2) is 42.6 Å². The van der Waals surface area contributed by atoms with Crippen LogP contribution in [0.4, 0.5) is 5.95 Å². The Bertz CT molecular complexity index is 1310. The molecule has 0 fully saturated rings. The van der Waals surface area contributed by atoms with Crippen molar-refractivity contribution in [3.63, 3.8) is 0 Å². The number of unbranched alkanes of at least 4 members (excludes halogenated alkanes) is 1. The number of carbonyl (C=O) groups excluding carboxylic acids is 1. The summed E-state index contributed by atoms with van der Waals surface area (Å²) in [6.07, 6.45) is 6.20. The number of hydrogen-bond donors (Lipinski definition) is 1. The Morgan fingerprint density at radius 2 is 1.76 bits per heavy atom. The van der Waals surface area contributed by atoms with Crippen LogP contribution in [0.25, 0.3) is 11.3 Å². The average Bonchev–Trinajstić information content (AvgIpc) is 3.33. The minimum absolute atomic E-state index is 0.0334. The van der Waals surface area contributed by atoms with Crippen molar-refractivity contribution in [2.45, 2.75) is 32.4 Å². The minimum atomic E-state index is -0.433. The van der Waals surface area contributed by atoms with Gasteiger partial charge in [-0.3, -0.25) is 9.25 Å². The zero-order valence-electron chi connectivity index (χ0n) is 18.8. The maximum atomic E-state index is 11.9. The quantitative estimate of drug-likeness (QED) is 0.298. The first-order chi connectivity index (χ1) is 16.5. The Hall–Kier alpha value is -4.34. The number of rotatable bonds is 9. The van der Waals surface area contributed by atoms with E-state index < -0.39 is 5.69 Å². The molecule has 0 atom stereocenters. The van der Waals surface area contributed by atoms with Gasteiger partial charge in [-0.2, -0.15) is 4.98 Å². The van der Waals surface area contributed by atoms with E-state index in [1.165, 1.54) is 23.6 Å². The summed E-state index contributed by atoms with van der Waals surface area (Å²) in [5.41, 5.74) is 9.40. The largest absolute Gasteiger partial charge is 0.465 e. The molecule has 2 aromatic carbocycles. The highest BCUT2D eigenvalue weighted by atomic mass is 16.5. The zero-order valence-corrected chi connectivity index (χ0v) is 18.8. The summed E-state index contributed by atoms with van der Waals surface area (Å²) in [5.74, 6) is -0.357. The van der Waals surface area contributed by atoms with E-state index >= 15 is 0 Å². The number of anilines is 1. The van der Waals surface area contributed by atoms with Crippen LogP contribution in [0.1, 0.15) is 34.3 Å². The Morgan fingerprint density at radius 1 is 1.03 bits per heavy atom. The summed E-state index contributed by atoms with van der Waals surface area (Å²) >= 11 is 0. The van der Waals surface area contributed by atoms with Crippen LogP contribution >= 0.6 is 0 Å². The molecule has 0 bridgehead atoms. The Morgan fingerprint density at radius 3 is 2.47 bits per heavy atom. The molecular formula is C24H25N7O3. The van der Waals surface area contributed by atoms with Gasteiger partial charge in [0.1, 0.15) is 12.0 Å². The molecule has 0 aliphatic heterocycles. The van der Waals surface area contributed by atoms with Crippen LogP contribution in [0, 0.1) is 0 Å². The van der Waals surface area contributed by atoms with E-state index in [0.29, 0.717) is 12.1 Å². The average molecular weight is 460 g/mol. The normalized spacial score (nSPS) is 10.9. The molecule has 0 radical (unpaired) electrons. The Kier molecular flexibility index (Phi) is 7.07. The highest BCUT2D eigenvalue weighted by Gasteiger charge is 2.07. The Labute approximate surface area is 196 Å². The number of nitrogen functional groups attached to an aromatic ring is 1. The van der Waals surface area contributed by atoms with Gasteiger partial charge in [0.2, 0.25) is 5.95 Å². The van der Waals surface area contributed by atoms with Crippen molar-refractivity contribution < 1.29 is 9.53 Å². The van der Waals surface area contributed by atoms with E-state index in [9.17, 15) is 9.59 Å². The second-order valence-corrected chi connectivity index (χ2v) is 7.83. The fourth-order valence-electron chi connectivity index (χ4n) is 3.52. The number of nitrogens with two attached hydrogens (primary N) is 1. The molecule has 2 N–H and O–H groups in total. The molecular weight excluding hydrogens is 434 g/mol. The molecule has 4 rings (SSSR count). The molecule has 34 heavy (non-hydrogen) atoms. The topological polar surface area (TPSA) is 131 Å². The molecule has 0 aliphatic carbocycles. The number of benzene rings is 2. The van der Waals surface area contributed by atoms with Gasteiger partial charge in [0.05, 0.1) is 25.4 Å². The fraction of sp³-hybridized carbons (Fsp3) is 0.250. The molecule has 0 saturated carbocycles. The van der Waals surface area contributed by atoms with E-state index in [1.807, 2.05) is 47.3 Å². The van der Waals surface area contributed by atoms with Crippen LogP contribution in [-0.2, 0) is 24.2 Å². The van der Waals surface area contributed by atoms with Gasteiger partial charge in [-0.05, 0) is 42.5 Å². The molecule has 10 heteroatoms. The van der Waals surface area contributed by atoms with E-state index in [2.05, 4.69) is 20.3 Å². The molecule has 2 heterocycles. The standard InChI is InChI=1S/C24H25N7O3/c1-34-22(32)20-11-5-17(6-12-20)4-2-3-13-31-15-21(28-29-31)19-9-7-18(8-10-19)14-30-16-26-23(25)27-24(30)33/h5-12,15-16H,2-4,13-14H2,1H3,(H2,25,27,33). The zero-order chi connectivity index (χ0) is 23.9. The molecule has 0 unspecified atom stereocenters. The van der Waals surface area contributed by atoms with Crippen molar-refractivity contribution in [2.24, 2.45) is 0 Å². The molecule has 174 valence electrons. The second-order valence-electron chi connectivity index (χ2n) is 7.83. The number of esters is 1. The third kappa shape index (κ3) is 5.71. The number of ether oxygens (including phenoxy) is 1. The van der Waals surface area contributed by atoms with Gasteiger partial charge in [-0.1, -0.05) is 41.6 Å². The second kappa shape index (κ2) is 10.5. The first kappa shape index (κ1) is 22.8. The van der Waals surface area contributed by atoms with E-state index in [1.54, 1.807) is 12.1 Å². The molecule has 0 spiro atoms. The molecule has 4 aromatic rings. The smallest absolute Gasteiger partial charge is 0.352 e. The maximum Gasteiger partial charge on any atom is 0.352 e. The monoisotopic (exact) mass is 459 g/mol. The number of aromatic nitrogens is 6. The summed E-state index contributed by atoms with van der Waals surface area (Å²) in [6, 6.07) is 15.3. The third-order valence-electron chi connectivity index (χ3n) is 5.40. The number of nitrogens with zero attached hydrogens (tertiary/aromatic N) is 6. The lowest BCUT2D eigenvalue weighted by Crippen LogP contribution is -2.24. The van der Waals surface area contributed by atoms with Crippen molar-refractivity contribution in [3.05, 3.63) is 88.2 Å². The first-order valence-electron chi connectivity index (χ1n) is 10.9. The van der Waals surface area contributed by atoms with Crippen molar-refractivity contribution in [2.75, 3.05) is 12.8 Å². The van der Waals surface area contributed by atoms with Crippen molar-refractivity contribution >= 4 is 11.9 Å². The van der Waals surface area contributed by atoms with E-state index in [0.717, 1.165) is 42.6 Å². The SMILES string of the molecule is COC(=O)c1ccc(CCCCn2cc(-c3ccc(Cn4cnc(N)nc4=O)cc3)nn2)cc1. The van der Waals surface area contributed by atoms with Crippen molar-refractivity contribution in [1.29, 1.82) is 0 Å². The number of hydrogen-bond acceptors (Lipinski definition) is 8. The summed E-state index contributed by atoms with van der Waals surface area (Å²) < 4.78 is 7.96. The van der Waals surface area contributed by atoms with Gasteiger partial charge in [0, 0.05) is 12.1 Å². The highest BCUT2D eigenvalue weighted by Crippen LogP contribution is 2.17. The van der Waals surface area contributed by atoms with Gasteiger partial charge in [0.15, 0.2) is 0 Å². The van der Waals surface area contributed by atoms with Crippen LogP contribution < -0.4 is 11.4 Å². The van der Waals surface area contributed by atoms with Crippen LogP contribution in [0.15, 0.2) is 65.8 Å².